The molecule has 344 valence electrons. The van der Waals surface area contributed by atoms with E-state index in [0.717, 1.165) is 33.4 Å². The molecule has 0 unspecified atom stereocenters. The molecule has 2 amide bonds. The Kier molecular flexibility index (Phi) is 14.4. The summed E-state index contributed by atoms with van der Waals surface area (Å²) in [5.41, 5.74) is 2.99. The lowest BCUT2D eigenvalue weighted by Crippen LogP contribution is -2.54. The monoisotopic (exact) mass is 895 g/mol. The van der Waals surface area contributed by atoms with Gasteiger partial charge in [0, 0.05) is 25.7 Å². The molecule has 11 heteroatoms. The van der Waals surface area contributed by atoms with Crippen LogP contribution in [0.25, 0.3) is 0 Å². The van der Waals surface area contributed by atoms with Crippen LogP contribution in [0.4, 0.5) is 15.4 Å². The SMILES string of the molecule is Cn1ncc(CN(CCNC(c2ccccc2)(c2ccccc2)c2ccccc2)C(=N)N(C(=O)OC(C)(C)C)C(=O)OC(C)(C)C)c1NC(c1ccccc1)(c1ccccc1)c1ccccc1. The van der Waals surface area contributed by atoms with Crippen molar-refractivity contribution in [3.63, 3.8) is 0 Å². The van der Waals surface area contributed by atoms with Gasteiger partial charge in [0.15, 0.2) is 0 Å². The van der Waals surface area contributed by atoms with Crippen molar-refractivity contribution in [2.24, 2.45) is 7.05 Å². The van der Waals surface area contributed by atoms with Crippen molar-refractivity contribution in [3.8, 4) is 0 Å². The number of nitrogens with zero attached hydrogens (tertiary/aromatic N) is 4. The maximum absolute atomic E-state index is 14.2. The Hall–Kier alpha value is -7.50. The lowest BCUT2D eigenvalue weighted by Gasteiger charge is -2.39. The molecule has 0 fully saturated rings. The normalized spacial score (nSPS) is 11.9. The molecular formula is C56H61N7O4. The van der Waals surface area contributed by atoms with Gasteiger partial charge in [0.25, 0.3) is 0 Å². The number of benzene rings is 6. The molecule has 11 nitrogen and oxygen atoms in total. The zero-order valence-corrected chi connectivity index (χ0v) is 39.4. The molecule has 1 aromatic heterocycles. The Morgan fingerprint density at radius 1 is 0.552 bits per heavy atom. The molecule has 0 atom stereocenters. The Morgan fingerprint density at radius 3 is 1.21 bits per heavy atom. The van der Waals surface area contributed by atoms with Gasteiger partial charge in [-0.05, 0) is 74.9 Å². The fourth-order valence-corrected chi connectivity index (χ4v) is 8.44. The van der Waals surface area contributed by atoms with E-state index in [0.29, 0.717) is 16.3 Å². The van der Waals surface area contributed by atoms with Crippen molar-refractivity contribution in [2.45, 2.75) is 70.4 Å². The van der Waals surface area contributed by atoms with Gasteiger partial charge in [-0.15, -0.1) is 4.90 Å². The summed E-state index contributed by atoms with van der Waals surface area (Å²) in [6.45, 7) is 10.8. The number of amides is 2. The number of imide groups is 1. The highest BCUT2D eigenvalue weighted by Gasteiger charge is 2.41. The molecule has 3 N–H and O–H groups in total. The highest BCUT2D eigenvalue weighted by Crippen LogP contribution is 2.41. The predicted octanol–water partition coefficient (Wildman–Crippen LogP) is 11.3. The topological polar surface area (TPSA) is 125 Å². The summed E-state index contributed by atoms with van der Waals surface area (Å²) in [6, 6.07) is 61.6. The second-order valence-corrected chi connectivity index (χ2v) is 18.4. The van der Waals surface area contributed by atoms with E-state index in [1.165, 1.54) is 0 Å². The largest absolute Gasteiger partial charge is 0.443 e. The molecule has 0 saturated carbocycles. The van der Waals surface area contributed by atoms with E-state index in [2.05, 4.69) is 83.4 Å². The average molecular weight is 896 g/mol. The third-order valence-electron chi connectivity index (χ3n) is 11.4. The smallest absolute Gasteiger partial charge is 0.427 e. The summed E-state index contributed by atoms with van der Waals surface area (Å²) in [6.07, 6.45) is -0.301. The van der Waals surface area contributed by atoms with E-state index in [1.54, 1.807) is 57.3 Å². The van der Waals surface area contributed by atoms with Crippen molar-refractivity contribution >= 4 is 24.0 Å². The van der Waals surface area contributed by atoms with E-state index in [-0.39, 0.29) is 19.6 Å². The minimum absolute atomic E-state index is 0.0439. The molecule has 1 heterocycles. The van der Waals surface area contributed by atoms with Crippen LogP contribution in [0.2, 0.25) is 0 Å². The molecule has 67 heavy (non-hydrogen) atoms. The third-order valence-corrected chi connectivity index (χ3v) is 11.4. The van der Waals surface area contributed by atoms with Gasteiger partial charge in [-0.3, -0.25) is 15.4 Å². The number of ether oxygens (including phenoxy) is 2. The van der Waals surface area contributed by atoms with Crippen LogP contribution >= 0.6 is 0 Å². The molecule has 6 aromatic carbocycles. The summed E-state index contributed by atoms with van der Waals surface area (Å²) in [5.74, 6) is 0.237. The first kappa shape index (κ1) is 47.5. The van der Waals surface area contributed by atoms with E-state index in [4.69, 9.17) is 14.6 Å². The molecule has 7 rings (SSSR count). The Labute approximate surface area is 394 Å². The number of hydrogen-bond donors (Lipinski definition) is 3. The first-order chi connectivity index (χ1) is 32.1. The standard InChI is InChI=1S/C56H61N7O4/c1-53(2,3)66-51(64)63(52(65)67-54(4,5)6)50(57)62(39-38-58-55(43-26-14-8-15-27-43,44-28-16-9-17-29-44)45-30-18-10-19-31-45)41-42-40-59-61(7)49(42)60-56(46-32-20-11-21-33-46,47-34-22-12-23-35-47)48-36-24-13-25-37-48/h8-37,40,57-58,60H,38-39,41H2,1-7H3. The molecule has 0 saturated heterocycles. The quantitative estimate of drug-likeness (QED) is 0.0560. The maximum atomic E-state index is 14.2. The summed E-state index contributed by atoms with van der Waals surface area (Å²) in [5, 5.41) is 22.6. The van der Waals surface area contributed by atoms with Crippen LogP contribution in [0.15, 0.2) is 188 Å². The Bertz CT molecular complexity index is 2480. The lowest BCUT2D eigenvalue weighted by molar-refractivity contribution is 0.0121. The van der Waals surface area contributed by atoms with Crippen LogP contribution in [-0.4, -0.2) is 62.0 Å². The van der Waals surface area contributed by atoms with Crippen LogP contribution in [-0.2, 0) is 34.1 Å². The van der Waals surface area contributed by atoms with Gasteiger partial charge in [0.2, 0.25) is 5.96 Å². The number of aryl methyl sites for hydroxylation is 1. The van der Waals surface area contributed by atoms with Crippen LogP contribution in [0.5, 0.6) is 0 Å². The third kappa shape index (κ3) is 10.8. The van der Waals surface area contributed by atoms with Crippen LogP contribution in [0, 0.1) is 5.41 Å². The second-order valence-electron chi connectivity index (χ2n) is 18.4. The zero-order valence-electron chi connectivity index (χ0n) is 39.4. The van der Waals surface area contributed by atoms with Gasteiger partial charge in [-0.2, -0.15) is 5.10 Å². The van der Waals surface area contributed by atoms with Gasteiger partial charge in [0.05, 0.1) is 18.3 Å². The number of carbonyl (C=O) groups excluding carboxylic acids is 2. The van der Waals surface area contributed by atoms with Crippen LogP contribution in [0.1, 0.15) is 80.5 Å². The molecule has 0 aliphatic rings. The predicted molar refractivity (Wildman–Crippen MR) is 266 cm³/mol. The molecule has 0 aliphatic heterocycles. The molecule has 0 aliphatic carbocycles. The number of rotatable bonds is 14. The summed E-state index contributed by atoms with van der Waals surface area (Å²) < 4.78 is 13.4. The number of nitrogens with one attached hydrogen (secondary N) is 3. The van der Waals surface area contributed by atoms with Gasteiger partial charge < -0.3 is 19.7 Å². The van der Waals surface area contributed by atoms with Gasteiger partial charge in [-0.1, -0.05) is 182 Å². The number of aromatic nitrogens is 2. The lowest BCUT2D eigenvalue weighted by atomic mass is 9.77. The highest BCUT2D eigenvalue weighted by atomic mass is 16.6. The van der Waals surface area contributed by atoms with Crippen molar-refractivity contribution < 1.29 is 19.1 Å². The molecule has 7 aromatic rings. The summed E-state index contributed by atoms with van der Waals surface area (Å²) in [7, 11) is 1.87. The second kappa shape index (κ2) is 20.3. The molecule has 0 spiro atoms. The van der Waals surface area contributed by atoms with Gasteiger partial charge in [-0.25, -0.2) is 9.59 Å². The highest BCUT2D eigenvalue weighted by molar-refractivity contribution is 6.06. The van der Waals surface area contributed by atoms with E-state index in [9.17, 15) is 15.0 Å². The van der Waals surface area contributed by atoms with E-state index < -0.39 is 40.4 Å². The number of hydrogen-bond acceptors (Lipinski definition) is 8. The van der Waals surface area contributed by atoms with E-state index >= 15 is 0 Å². The van der Waals surface area contributed by atoms with Crippen molar-refractivity contribution in [1.29, 1.82) is 5.41 Å². The molecule has 0 radical (unpaired) electrons. The molecule has 0 bridgehead atoms. The minimum Gasteiger partial charge on any atom is -0.443 e. The first-order valence-electron chi connectivity index (χ1n) is 22.6. The van der Waals surface area contributed by atoms with Gasteiger partial charge >= 0.3 is 12.2 Å². The Balaban J connectivity index is 1.35. The number of carbonyl (C=O) groups is 2. The van der Waals surface area contributed by atoms with Crippen LogP contribution < -0.4 is 10.6 Å². The summed E-state index contributed by atoms with van der Waals surface area (Å²) in [4.78, 5) is 30.8. The van der Waals surface area contributed by atoms with Crippen molar-refractivity contribution in [2.75, 3.05) is 18.4 Å². The molecular weight excluding hydrogens is 835 g/mol. The van der Waals surface area contributed by atoms with Gasteiger partial charge in [0.1, 0.15) is 22.6 Å². The van der Waals surface area contributed by atoms with Crippen LogP contribution in [0.3, 0.4) is 0 Å². The minimum atomic E-state index is -1.03. The Morgan fingerprint density at radius 2 is 0.881 bits per heavy atom. The number of guanidine groups is 1. The average Bonchev–Trinajstić information content (AvgIpc) is 3.66. The zero-order chi connectivity index (χ0) is 47.7. The fourth-order valence-electron chi connectivity index (χ4n) is 8.44. The fraction of sp³-hybridized carbons (Fsp3) is 0.250. The van der Waals surface area contributed by atoms with Crippen molar-refractivity contribution in [1.82, 2.24) is 24.9 Å². The maximum Gasteiger partial charge on any atom is 0.427 e. The van der Waals surface area contributed by atoms with Crippen molar-refractivity contribution in [3.05, 3.63) is 227 Å². The summed E-state index contributed by atoms with van der Waals surface area (Å²) >= 11 is 0. The first-order valence-corrected chi connectivity index (χ1v) is 22.6. The number of anilines is 1. The van der Waals surface area contributed by atoms with E-state index in [1.807, 2.05) is 116 Å².